The Kier molecular flexibility index (Phi) is 5.01. The Labute approximate surface area is 125 Å². The molecule has 0 radical (unpaired) electrons. The molecule has 1 N–H and O–H groups in total. The van der Waals surface area contributed by atoms with Crippen molar-refractivity contribution in [3.63, 3.8) is 0 Å². The smallest absolute Gasteiger partial charge is 0.0779 e. The molecule has 2 aromatic rings. The molecule has 0 aliphatic carbocycles. The Morgan fingerprint density at radius 2 is 2.11 bits per heavy atom. The Hall–Kier alpha value is -0.160. The number of nitrogens with one attached hydrogen (secondary N) is 1. The lowest BCUT2D eigenvalue weighted by Gasteiger charge is -2.17. The number of thiophene rings is 2. The first-order chi connectivity index (χ1) is 8.67. The predicted octanol–water partition coefficient (Wildman–Crippen LogP) is 5.14. The van der Waals surface area contributed by atoms with E-state index in [2.05, 4.69) is 59.5 Å². The van der Waals surface area contributed by atoms with Gasteiger partial charge in [-0.2, -0.15) is 0 Å². The molecule has 0 saturated heterocycles. The third-order valence-electron chi connectivity index (χ3n) is 2.93. The van der Waals surface area contributed by atoms with Crippen molar-refractivity contribution in [3.8, 4) is 0 Å². The van der Waals surface area contributed by atoms with Gasteiger partial charge in [0, 0.05) is 19.1 Å². The summed E-state index contributed by atoms with van der Waals surface area (Å²) in [5.74, 6) is 0. The first kappa shape index (κ1) is 14.3. The highest BCUT2D eigenvalue weighted by atomic mass is 79.9. The van der Waals surface area contributed by atoms with Crippen LogP contribution in [0.3, 0.4) is 0 Å². The Balaban J connectivity index is 2.42. The van der Waals surface area contributed by atoms with Crippen molar-refractivity contribution in [2.75, 3.05) is 6.54 Å². The fourth-order valence-electron chi connectivity index (χ4n) is 2.10. The molecule has 0 amide bonds. The minimum absolute atomic E-state index is 0.332. The zero-order valence-electron chi connectivity index (χ0n) is 10.9. The summed E-state index contributed by atoms with van der Waals surface area (Å²) in [5.41, 5.74) is 1.46. The highest BCUT2D eigenvalue weighted by Gasteiger charge is 2.21. The summed E-state index contributed by atoms with van der Waals surface area (Å²) in [4.78, 5) is 4.21. The van der Waals surface area contributed by atoms with Crippen LogP contribution >= 0.6 is 38.6 Å². The molecular weight excluding hydrogens is 326 g/mol. The number of aryl methyl sites for hydroxylation is 2. The van der Waals surface area contributed by atoms with E-state index in [4.69, 9.17) is 0 Å². The van der Waals surface area contributed by atoms with Crippen LogP contribution < -0.4 is 5.32 Å². The lowest BCUT2D eigenvalue weighted by molar-refractivity contribution is 0.642. The van der Waals surface area contributed by atoms with Gasteiger partial charge in [-0.15, -0.1) is 22.7 Å². The summed E-state index contributed by atoms with van der Waals surface area (Å²) in [5, 5.41) is 5.82. The number of hydrogen-bond donors (Lipinski definition) is 1. The van der Waals surface area contributed by atoms with Gasteiger partial charge in [0.05, 0.1) is 6.04 Å². The van der Waals surface area contributed by atoms with Crippen molar-refractivity contribution < 1.29 is 0 Å². The van der Waals surface area contributed by atoms with Gasteiger partial charge in [0.2, 0.25) is 0 Å². The van der Waals surface area contributed by atoms with E-state index in [-0.39, 0.29) is 0 Å². The molecule has 0 aliphatic heterocycles. The van der Waals surface area contributed by atoms with E-state index in [0.29, 0.717) is 6.04 Å². The Bertz CT molecular complexity index is 516. The van der Waals surface area contributed by atoms with Crippen molar-refractivity contribution in [1.29, 1.82) is 0 Å². The molecular formula is C14H18BrNS2. The molecule has 2 rings (SSSR count). The van der Waals surface area contributed by atoms with Gasteiger partial charge in [-0.05, 0) is 58.9 Å². The van der Waals surface area contributed by atoms with Gasteiger partial charge in [-0.3, -0.25) is 0 Å². The summed E-state index contributed by atoms with van der Waals surface area (Å²) in [6.07, 6.45) is 1.10. The maximum Gasteiger partial charge on any atom is 0.0779 e. The fourth-order valence-corrected chi connectivity index (χ4v) is 5.22. The Morgan fingerprint density at radius 3 is 2.67 bits per heavy atom. The van der Waals surface area contributed by atoms with E-state index in [1.807, 2.05) is 22.7 Å². The molecule has 0 aromatic carbocycles. The van der Waals surface area contributed by atoms with Gasteiger partial charge in [0.15, 0.2) is 0 Å². The van der Waals surface area contributed by atoms with E-state index in [1.54, 1.807) is 0 Å². The zero-order chi connectivity index (χ0) is 13.1. The molecule has 1 unspecified atom stereocenters. The Morgan fingerprint density at radius 1 is 1.33 bits per heavy atom. The molecule has 0 bridgehead atoms. The van der Waals surface area contributed by atoms with Crippen molar-refractivity contribution in [2.45, 2.75) is 33.2 Å². The lowest BCUT2D eigenvalue weighted by Crippen LogP contribution is -2.21. The van der Waals surface area contributed by atoms with Crippen LogP contribution in [0.2, 0.25) is 0 Å². The molecule has 4 heteroatoms. The van der Waals surface area contributed by atoms with E-state index in [1.165, 1.54) is 24.7 Å². The minimum Gasteiger partial charge on any atom is -0.305 e. The average molecular weight is 344 g/mol. The summed E-state index contributed by atoms with van der Waals surface area (Å²) >= 11 is 7.43. The monoisotopic (exact) mass is 343 g/mol. The molecule has 2 heterocycles. The summed E-state index contributed by atoms with van der Waals surface area (Å²) in [6.45, 7) is 7.54. The van der Waals surface area contributed by atoms with Crippen LogP contribution in [-0.4, -0.2) is 6.54 Å². The molecule has 0 fully saturated rings. The van der Waals surface area contributed by atoms with Crippen LogP contribution in [0, 0.1) is 6.92 Å². The predicted molar refractivity (Wildman–Crippen MR) is 86.0 cm³/mol. The van der Waals surface area contributed by atoms with Crippen LogP contribution in [0.4, 0.5) is 0 Å². The van der Waals surface area contributed by atoms with Crippen molar-refractivity contribution in [1.82, 2.24) is 5.32 Å². The number of hydrogen-bond acceptors (Lipinski definition) is 3. The zero-order valence-corrected chi connectivity index (χ0v) is 14.1. The molecule has 0 aliphatic rings. The summed E-state index contributed by atoms with van der Waals surface area (Å²) < 4.78 is 1.23. The molecule has 98 valence electrons. The molecule has 0 saturated carbocycles. The minimum atomic E-state index is 0.332. The third-order valence-corrected chi connectivity index (χ3v) is 5.99. The molecule has 0 spiro atoms. The standard InChI is InChI=1S/C14H18BrNS2/c1-4-10-6-7-17-13(10)12(16-5-2)14-11(15)8-9(3)18-14/h6-8,12,16H,4-5H2,1-3H3. The van der Waals surface area contributed by atoms with Gasteiger partial charge >= 0.3 is 0 Å². The first-order valence-corrected chi connectivity index (χ1v) is 8.71. The molecule has 1 atom stereocenters. The van der Waals surface area contributed by atoms with Crippen LogP contribution in [0.15, 0.2) is 22.0 Å². The second-order valence-corrected chi connectivity index (χ2v) is 7.31. The topological polar surface area (TPSA) is 12.0 Å². The van der Waals surface area contributed by atoms with Crippen LogP contribution in [0.1, 0.15) is 40.1 Å². The van der Waals surface area contributed by atoms with Crippen molar-refractivity contribution >= 4 is 38.6 Å². The maximum atomic E-state index is 3.69. The highest BCUT2D eigenvalue weighted by Crippen LogP contribution is 2.38. The second-order valence-electron chi connectivity index (χ2n) is 4.22. The molecule has 2 aromatic heterocycles. The van der Waals surface area contributed by atoms with Gasteiger partial charge < -0.3 is 5.32 Å². The normalized spacial score (nSPS) is 12.9. The molecule has 1 nitrogen and oxygen atoms in total. The lowest BCUT2D eigenvalue weighted by atomic mass is 10.1. The van der Waals surface area contributed by atoms with Gasteiger partial charge in [0.25, 0.3) is 0 Å². The van der Waals surface area contributed by atoms with Gasteiger partial charge in [-0.25, -0.2) is 0 Å². The quantitative estimate of drug-likeness (QED) is 0.792. The third kappa shape index (κ3) is 2.87. The number of rotatable bonds is 5. The number of halogens is 1. The van der Waals surface area contributed by atoms with E-state index < -0.39 is 0 Å². The molecule has 18 heavy (non-hydrogen) atoms. The van der Waals surface area contributed by atoms with Crippen LogP contribution in [0.5, 0.6) is 0 Å². The largest absolute Gasteiger partial charge is 0.305 e. The van der Waals surface area contributed by atoms with E-state index in [9.17, 15) is 0 Å². The highest BCUT2D eigenvalue weighted by molar-refractivity contribution is 9.10. The average Bonchev–Trinajstić information content (AvgIpc) is 2.92. The summed E-state index contributed by atoms with van der Waals surface area (Å²) in [7, 11) is 0. The summed E-state index contributed by atoms with van der Waals surface area (Å²) in [6, 6.07) is 4.79. The van der Waals surface area contributed by atoms with Crippen LogP contribution in [0.25, 0.3) is 0 Å². The van der Waals surface area contributed by atoms with E-state index in [0.717, 1.165) is 13.0 Å². The first-order valence-electron chi connectivity index (χ1n) is 6.22. The van der Waals surface area contributed by atoms with Gasteiger partial charge in [-0.1, -0.05) is 13.8 Å². The van der Waals surface area contributed by atoms with Crippen molar-refractivity contribution in [3.05, 3.63) is 42.2 Å². The fraction of sp³-hybridized carbons (Fsp3) is 0.429. The SMILES string of the molecule is CCNC(c1sc(C)cc1Br)c1sccc1CC. The maximum absolute atomic E-state index is 3.69. The van der Waals surface area contributed by atoms with Gasteiger partial charge in [0.1, 0.15) is 0 Å². The van der Waals surface area contributed by atoms with Crippen LogP contribution in [-0.2, 0) is 6.42 Å². The van der Waals surface area contributed by atoms with Crippen molar-refractivity contribution in [2.24, 2.45) is 0 Å². The second kappa shape index (κ2) is 6.33. The van der Waals surface area contributed by atoms with E-state index >= 15 is 0 Å².